The lowest BCUT2D eigenvalue weighted by molar-refractivity contribution is -0.384. The minimum Gasteiger partial charge on any atom is -0.507 e. The molecule has 1 heterocycles. The lowest BCUT2D eigenvalue weighted by atomic mass is 10.1. The lowest BCUT2D eigenvalue weighted by Gasteiger charge is -2.22. The minimum absolute atomic E-state index is 0.0119. The van der Waals surface area contributed by atoms with Gasteiger partial charge in [0.15, 0.2) is 0 Å². The van der Waals surface area contributed by atoms with E-state index in [1.165, 1.54) is 0 Å². The molecule has 3 N–H and O–H groups in total. The molecule has 27 heavy (non-hydrogen) atoms. The number of benzene rings is 1. The highest BCUT2D eigenvalue weighted by molar-refractivity contribution is 8.26. The number of carbonyl (C=O) groups is 3. The van der Waals surface area contributed by atoms with Crippen molar-refractivity contribution in [3.05, 3.63) is 38.8 Å². The number of non-ortho nitro benzene ring substituents is 1. The molecule has 0 saturated carbocycles. The summed E-state index contributed by atoms with van der Waals surface area (Å²) in [4.78, 5) is 45.6. The number of rotatable bonds is 7. The molecule has 1 aromatic carbocycles. The van der Waals surface area contributed by atoms with Gasteiger partial charge in [-0.25, -0.2) is 4.79 Å². The first kappa shape index (κ1) is 20.3. The maximum absolute atomic E-state index is 12.6. The monoisotopic (exact) mass is 412 g/mol. The van der Waals surface area contributed by atoms with E-state index in [1.54, 1.807) is 0 Å². The van der Waals surface area contributed by atoms with Crippen molar-refractivity contribution in [3.8, 4) is 5.75 Å². The first-order chi connectivity index (χ1) is 12.6. The zero-order valence-electron chi connectivity index (χ0n) is 13.4. The van der Waals surface area contributed by atoms with Crippen LogP contribution in [0.1, 0.15) is 18.4 Å². The summed E-state index contributed by atoms with van der Waals surface area (Å²) in [6.07, 6.45) is 0.350. The van der Waals surface area contributed by atoms with Gasteiger partial charge in [0.1, 0.15) is 16.1 Å². The molecule has 1 atom stereocenters. The van der Waals surface area contributed by atoms with Gasteiger partial charge in [-0.1, -0.05) is 24.0 Å². The fraction of sp³-hybridized carbons (Fsp3) is 0.200. The second-order valence-corrected chi connectivity index (χ2v) is 7.01. The number of thioether (sulfide) groups is 1. The van der Waals surface area contributed by atoms with Gasteiger partial charge >= 0.3 is 11.9 Å². The van der Waals surface area contributed by atoms with Crippen LogP contribution in [0.5, 0.6) is 5.75 Å². The number of aromatic hydroxyl groups is 1. The zero-order valence-corrected chi connectivity index (χ0v) is 15.0. The third-order valence-corrected chi connectivity index (χ3v) is 4.89. The fourth-order valence-electron chi connectivity index (χ4n) is 2.28. The number of amides is 1. The largest absolute Gasteiger partial charge is 0.507 e. The standard InChI is InChI=1S/C15H12N2O8S2/c18-10-3-1-8(17(24)25)5-7(10)6-11-13(21)16(15(26)27-11)9(14(22)23)2-4-12(19)20/h1,3,5-6,9,18H,2,4H2,(H,19,20)(H,22,23)/b11-6-. The summed E-state index contributed by atoms with van der Waals surface area (Å²) < 4.78 is -0.0889. The molecule has 0 bridgehead atoms. The maximum Gasteiger partial charge on any atom is 0.326 e. The number of nitrogens with zero attached hydrogens (tertiary/aromatic N) is 2. The van der Waals surface area contributed by atoms with Crippen molar-refractivity contribution < 1.29 is 34.6 Å². The third-order valence-electron chi connectivity index (χ3n) is 3.56. The van der Waals surface area contributed by atoms with E-state index in [0.717, 1.165) is 40.9 Å². The normalized spacial score (nSPS) is 16.6. The molecule has 0 spiro atoms. The molecule has 1 saturated heterocycles. The Morgan fingerprint density at radius 3 is 2.59 bits per heavy atom. The second kappa shape index (κ2) is 8.14. The van der Waals surface area contributed by atoms with Gasteiger partial charge in [-0.05, 0) is 18.6 Å². The highest BCUT2D eigenvalue weighted by Crippen LogP contribution is 2.36. The summed E-state index contributed by atoms with van der Waals surface area (Å²) in [5, 5.41) is 38.7. The molecule has 0 aliphatic carbocycles. The summed E-state index contributed by atoms with van der Waals surface area (Å²) in [7, 11) is 0. The summed E-state index contributed by atoms with van der Waals surface area (Å²) >= 11 is 5.79. The molecule has 142 valence electrons. The molecule has 1 amide bonds. The van der Waals surface area contributed by atoms with Crippen molar-refractivity contribution >= 4 is 57.9 Å². The van der Waals surface area contributed by atoms with E-state index in [4.69, 9.17) is 17.3 Å². The Morgan fingerprint density at radius 1 is 1.37 bits per heavy atom. The van der Waals surface area contributed by atoms with Gasteiger partial charge in [-0.2, -0.15) is 0 Å². The molecule has 12 heteroatoms. The molecular weight excluding hydrogens is 400 g/mol. The molecular formula is C15H12N2O8S2. The number of phenols is 1. The Morgan fingerprint density at radius 2 is 2.04 bits per heavy atom. The van der Waals surface area contributed by atoms with Gasteiger partial charge in [-0.3, -0.25) is 24.6 Å². The smallest absolute Gasteiger partial charge is 0.326 e. The lowest BCUT2D eigenvalue weighted by Crippen LogP contribution is -2.44. The Balaban J connectivity index is 2.35. The van der Waals surface area contributed by atoms with Crippen molar-refractivity contribution in [2.45, 2.75) is 18.9 Å². The highest BCUT2D eigenvalue weighted by atomic mass is 32.2. The predicted molar refractivity (Wildman–Crippen MR) is 98.1 cm³/mol. The maximum atomic E-state index is 12.6. The predicted octanol–water partition coefficient (Wildman–Crippen LogP) is 1.82. The van der Waals surface area contributed by atoms with Crippen LogP contribution in [0.4, 0.5) is 5.69 Å². The van der Waals surface area contributed by atoms with E-state index in [2.05, 4.69) is 0 Å². The summed E-state index contributed by atoms with van der Waals surface area (Å²) in [6.45, 7) is 0. The van der Waals surface area contributed by atoms with Gasteiger partial charge in [0.2, 0.25) is 0 Å². The number of hydrogen-bond acceptors (Lipinski definition) is 8. The van der Waals surface area contributed by atoms with Gasteiger partial charge in [0.05, 0.1) is 9.83 Å². The number of nitro groups is 1. The van der Waals surface area contributed by atoms with Crippen LogP contribution in [0.3, 0.4) is 0 Å². The molecule has 1 aliphatic heterocycles. The SMILES string of the molecule is O=C(O)CCC(C(=O)O)N1C(=O)/C(=C/c2cc([N+](=O)[O-])ccc2O)SC1=S. The van der Waals surface area contributed by atoms with Crippen LogP contribution in [-0.4, -0.2) is 53.4 Å². The van der Waals surface area contributed by atoms with Gasteiger partial charge in [0, 0.05) is 24.1 Å². The quantitative estimate of drug-likeness (QED) is 0.261. The van der Waals surface area contributed by atoms with Crippen molar-refractivity contribution in [3.63, 3.8) is 0 Å². The number of carboxylic acids is 2. The zero-order chi connectivity index (χ0) is 20.3. The second-order valence-electron chi connectivity index (χ2n) is 5.34. The van der Waals surface area contributed by atoms with Crippen LogP contribution in [-0.2, 0) is 14.4 Å². The van der Waals surface area contributed by atoms with Crippen LogP contribution in [0.2, 0.25) is 0 Å². The van der Waals surface area contributed by atoms with E-state index in [1.807, 2.05) is 0 Å². The van der Waals surface area contributed by atoms with E-state index in [-0.39, 0.29) is 32.6 Å². The van der Waals surface area contributed by atoms with Crippen molar-refractivity contribution in [1.82, 2.24) is 4.90 Å². The van der Waals surface area contributed by atoms with Gasteiger partial charge < -0.3 is 15.3 Å². The molecule has 0 aromatic heterocycles. The number of aliphatic carboxylic acids is 2. The number of phenolic OH excluding ortho intramolecular Hbond substituents is 1. The minimum atomic E-state index is -1.46. The molecule has 10 nitrogen and oxygen atoms in total. The van der Waals surface area contributed by atoms with Crippen LogP contribution < -0.4 is 0 Å². The van der Waals surface area contributed by atoms with Crippen LogP contribution in [0, 0.1) is 10.1 Å². The van der Waals surface area contributed by atoms with Gasteiger partial charge in [0.25, 0.3) is 11.6 Å². The Hall–Kier alpha value is -2.99. The molecule has 1 aromatic rings. The van der Waals surface area contributed by atoms with E-state index >= 15 is 0 Å². The van der Waals surface area contributed by atoms with Gasteiger partial charge in [-0.15, -0.1) is 0 Å². The number of carbonyl (C=O) groups excluding carboxylic acids is 1. The number of carboxylic acid groups (broad SMARTS) is 2. The molecule has 2 rings (SSSR count). The summed E-state index contributed by atoms with van der Waals surface area (Å²) in [5.41, 5.74) is -0.318. The van der Waals surface area contributed by atoms with E-state index < -0.39 is 35.2 Å². The Kier molecular flexibility index (Phi) is 6.13. The third kappa shape index (κ3) is 4.60. The van der Waals surface area contributed by atoms with Crippen molar-refractivity contribution in [2.24, 2.45) is 0 Å². The Labute approximate surface area is 161 Å². The highest BCUT2D eigenvalue weighted by Gasteiger charge is 2.40. The fourth-order valence-corrected chi connectivity index (χ4v) is 3.63. The summed E-state index contributed by atoms with van der Waals surface area (Å²) in [6, 6.07) is 1.78. The number of nitro benzene ring substituents is 1. The topological polar surface area (TPSA) is 158 Å². The molecule has 1 fully saturated rings. The Bertz CT molecular complexity index is 883. The van der Waals surface area contributed by atoms with E-state index in [0.29, 0.717) is 0 Å². The average molecular weight is 412 g/mol. The number of thiocarbonyl (C=S) groups is 1. The molecule has 1 unspecified atom stereocenters. The average Bonchev–Trinajstić information content (AvgIpc) is 2.84. The first-order valence-electron chi connectivity index (χ1n) is 7.31. The van der Waals surface area contributed by atoms with Crippen LogP contribution in [0.25, 0.3) is 6.08 Å². The first-order valence-corrected chi connectivity index (χ1v) is 8.53. The molecule has 0 radical (unpaired) electrons. The summed E-state index contributed by atoms with van der Waals surface area (Å²) in [5.74, 6) is -3.73. The van der Waals surface area contributed by atoms with Crippen molar-refractivity contribution in [1.29, 1.82) is 0 Å². The van der Waals surface area contributed by atoms with E-state index in [9.17, 15) is 34.7 Å². The number of hydrogen-bond donors (Lipinski definition) is 3. The van der Waals surface area contributed by atoms with Crippen LogP contribution in [0.15, 0.2) is 23.1 Å². The van der Waals surface area contributed by atoms with Crippen molar-refractivity contribution in [2.75, 3.05) is 0 Å². The molecule has 1 aliphatic rings. The van der Waals surface area contributed by atoms with Crippen LogP contribution >= 0.6 is 24.0 Å².